The minimum Gasteiger partial charge on any atom is -0.481 e. The molecule has 4 atom stereocenters. The van der Waals surface area contributed by atoms with E-state index in [9.17, 15) is 9.59 Å². The molecule has 1 aromatic rings. The van der Waals surface area contributed by atoms with E-state index in [1.807, 2.05) is 30.4 Å². The minimum absolute atomic E-state index is 0.0669. The van der Waals surface area contributed by atoms with Crippen molar-refractivity contribution in [3.05, 3.63) is 84.5 Å². The van der Waals surface area contributed by atoms with Crippen LogP contribution >= 0.6 is 0 Å². The first kappa shape index (κ1) is 23.8. The molecule has 4 heteroatoms. The molecular formula is C28H35NO3. The van der Waals surface area contributed by atoms with Crippen LogP contribution in [0.1, 0.15) is 44.1 Å². The molecule has 0 heterocycles. The maximum absolute atomic E-state index is 12.1. The highest BCUT2D eigenvalue weighted by atomic mass is 16.4. The molecule has 4 nitrogen and oxygen atoms in total. The van der Waals surface area contributed by atoms with Crippen molar-refractivity contribution in [1.29, 1.82) is 0 Å². The van der Waals surface area contributed by atoms with Gasteiger partial charge in [-0.2, -0.15) is 0 Å². The quantitative estimate of drug-likeness (QED) is 0.210. The second-order valence-electron chi connectivity index (χ2n) is 8.78. The molecule has 170 valence electrons. The fraction of sp³-hybridized carbons (Fsp3) is 0.429. The molecule has 0 unspecified atom stereocenters. The first-order valence-electron chi connectivity index (χ1n) is 11.9. The van der Waals surface area contributed by atoms with Gasteiger partial charge in [0.15, 0.2) is 0 Å². The average molecular weight is 434 g/mol. The molecule has 2 aliphatic rings. The number of carbonyl (C=O) groups is 2. The number of nitrogens with one attached hydrogen (secondary N) is 1. The molecule has 2 aliphatic carbocycles. The third kappa shape index (κ3) is 7.67. The molecule has 32 heavy (non-hydrogen) atoms. The van der Waals surface area contributed by atoms with Crippen LogP contribution in [0.25, 0.3) is 0 Å². The molecule has 2 N–H and O–H groups in total. The van der Waals surface area contributed by atoms with Crippen molar-refractivity contribution in [3.8, 4) is 0 Å². The van der Waals surface area contributed by atoms with E-state index in [1.165, 1.54) is 24.8 Å². The monoisotopic (exact) mass is 433 g/mol. The average Bonchev–Trinajstić information content (AvgIpc) is 3.27. The molecule has 0 aromatic heterocycles. The van der Waals surface area contributed by atoms with Crippen LogP contribution in [-0.4, -0.2) is 23.5 Å². The number of allylic oxidation sites excluding steroid dienone is 7. The Labute approximate surface area is 191 Å². The van der Waals surface area contributed by atoms with Crippen molar-refractivity contribution >= 4 is 11.9 Å². The second-order valence-corrected chi connectivity index (χ2v) is 8.78. The van der Waals surface area contributed by atoms with Crippen LogP contribution in [0.4, 0.5) is 0 Å². The van der Waals surface area contributed by atoms with Crippen LogP contribution in [0.5, 0.6) is 0 Å². The Kier molecular flexibility index (Phi) is 9.55. The number of aliphatic carboxylic acids is 1. The summed E-state index contributed by atoms with van der Waals surface area (Å²) in [7, 11) is 0. The van der Waals surface area contributed by atoms with Crippen molar-refractivity contribution in [1.82, 2.24) is 5.32 Å². The van der Waals surface area contributed by atoms with E-state index in [0.29, 0.717) is 36.6 Å². The van der Waals surface area contributed by atoms with Gasteiger partial charge in [0.1, 0.15) is 0 Å². The summed E-state index contributed by atoms with van der Waals surface area (Å²) in [6.07, 6.45) is 23.1. The van der Waals surface area contributed by atoms with Crippen LogP contribution in [0.2, 0.25) is 0 Å². The number of rotatable bonds is 11. The number of unbranched alkanes of at least 4 members (excludes halogenated alkanes) is 1. The van der Waals surface area contributed by atoms with Crippen molar-refractivity contribution in [2.75, 3.05) is 6.54 Å². The fourth-order valence-corrected chi connectivity index (χ4v) is 4.88. The number of hydrogen-bond acceptors (Lipinski definition) is 2. The van der Waals surface area contributed by atoms with Gasteiger partial charge in [-0.3, -0.25) is 9.59 Å². The molecule has 1 saturated carbocycles. The van der Waals surface area contributed by atoms with Crippen LogP contribution in [0.3, 0.4) is 0 Å². The summed E-state index contributed by atoms with van der Waals surface area (Å²) >= 11 is 0. The summed E-state index contributed by atoms with van der Waals surface area (Å²) in [5.74, 6) is 1.27. The van der Waals surface area contributed by atoms with Crippen LogP contribution in [0, 0.1) is 23.7 Å². The Bertz CT molecular complexity index is 853. The Morgan fingerprint density at radius 3 is 2.72 bits per heavy atom. The fourth-order valence-electron chi connectivity index (χ4n) is 4.88. The van der Waals surface area contributed by atoms with Gasteiger partial charge in [0.2, 0.25) is 5.91 Å². The first-order valence-corrected chi connectivity index (χ1v) is 11.9. The topological polar surface area (TPSA) is 66.4 Å². The van der Waals surface area contributed by atoms with Gasteiger partial charge in [-0.1, -0.05) is 79.3 Å². The van der Waals surface area contributed by atoms with Crippen LogP contribution in [-0.2, 0) is 16.0 Å². The van der Waals surface area contributed by atoms with Gasteiger partial charge < -0.3 is 10.4 Å². The number of carboxylic acid groups (broad SMARTS) is 1. The maximum Gasteiger partial charge on any atom is 0.303 e. The summed E-state index contributed by atoms with van der Waals surface area (Å²) in [4.78, 5) is 22.8. The van der Waals surface area contributed by atoms with Gasteiger partial charge in [-0.15, -0.1) is 0 Å². The van der Waals surface area contributed by atoms with Gasteiger partial charge in [-0.25, -0.2) is 0 Å². The molecule has 0 saturated heterocycles. The standard InChI is InChI=1S/C28H35NO3/c30-27(29-21-20-22-10-3-1-4-11-22)16-8-7-14-25-23(12-5-2-6-17-28(31)32)18-19-24-13-9-15-26(24)25/h1,3-5,7-8,10-12,14,16,18-19,23-26H,2,6,9,13,15,17,20-21H2,(H,29,30)(H,31,32)/t23-,24+,25+,26-/m1/s1. The number of carboxylic acids is 1. The number of benzene rings is 1. The lowest BCUT2D eigenvalue weighted by Gasteiger charge is -2.33. The van der Waals surface area contributed by atoms with Gasteiger partial charge in [0.05, 0.1) is 0 Å². The Hall–Kier alpha value is -2.88. The molecule has 0 aliphatic heterocycles. The highest BCUT2D eigenvalue weighted by Gasteiger charge is 2.36. The molecule has 0 bridgehead atoms. The first-order chi connectivity index (χ1) is 15.6. The van der Waals surface area contributed by atoms with Gasteiger partial charge in [0.25, 0.3) is 0 Å². The smallest absolute Gasteiger partial charge is 0.303 e. The number of carbonyl (C=O) groups excluding carboxylic acids is 1. The Balaban J connectivity index is 1.49. The van der Waals surface area contributed by atoms with E-state index in [1.54, 1.807) is 6.08 Å². The van der Waals surface area contributed by atoms with Gasteiger partial charge in [-0.05, 0) is 55.4 Å². The predicted molar refractivity (Wildman–Crippen MR) is 129 cm³/mol. The predicted octanol–water partition coefficient (Wildman–Crippen LogP) is 5.49. The summed E-state index contributed by atoms with van der Waals surface area (Å²) in [6.45, 7) is 0.628. The van der Waals surface area contributed by atoms with Crippen molar-refractivity contribution in [3.63, 3.8) is 0 Å². The molecule has 0 spiro atoms. The molecule has 1 fully saturated rings. The summed E-state index contributed by atoms with van der Waals surface area (Å²) in [5, 5.41) is 11.7. The molecule has 1 amide bonds. The van der Waals surface area contributed by atoms with Crippen LogP contribution in [0.15, 0.2) is 78.9 Å². The SMILES string of the molecule is O=C(O)CCCC=C[C@@H]1C=C[C@@H]2CCC[C@H]2[C@H]1C=CC=CC(=O)NCCc1ccccc1. The normalized spacial score (nSPS) is 25.0. The van der Waals surface area contributed by atoms with Crippen molar-refractivity contribution in [2.45, 2.75) is 44.9 Å². The third-order valence-corrected chi connectivity index (χ3v) is 6.51. The molecule has 1 aromatic carbocycles. The van der Waals surface area contributed by atoms with Crippen LogP contribution < -0.4 is 5.32 Å². The molecule has 0 radical (unpaired) electrons. The van der Waals surface area contributed by atoms with E-state index in [0.717, 1.165) is 12.8 Å². The number of fused-ring (bicyclic) bond motifs is 1. The highest BCUT2D eigenvalue weighted by molar-refractivity contribution is 5.87. The lowest BCUT2D eigenvalue weighted by atomic mass is 9.71. The minimum atomic E-state index is -0.735. The Morgan fingerprint density at radius 2 is 1.91 bits per heavy atom. The van der Waals surface area contributed by atoms with Gasteiger partial charge >= 0.3 is 5.97 Å². The van der Waals surface area contributed by atoms with E-state index >= 15 is 0 Å². The van der Waals surface area contributed by atoms with E-state index in [4.69, 9.17) is 5.11 Å². The number of hydrogen-bond donors (Lipinski definition) is 2. The molecule has 3 rings (SSSR count). The van der Waals surface area contributed by atoms with Crippen molar-refractivity contribution < 1.29 is 14.7 Å². The summed E-state index contributed by atoms with van der Waals surface area (Å²) < 4.78 is 0. The lowest BCUT2D eigenvalue weighted by Crippen LogP contribution is -2.26. The third-order valence-electron chi connectivity index (χ3n) is 6.51. The zero-order valence-electron chi connectivity index (χ0n) is 18.7. The summed E-state index contributed by atoms with van der Waals surface area (Å²) in [6, 6.07) is 10.1. The van der Waals surface area contributed by atoms with E-state index < -0.39 is 5.97 Å². The lowest BCUT2D eigenvalue weighted by molar-refractivity contribution is -0.137. The zero-order chi connectivity index (χ0) is 22.6. The number of amides is 1. The Morgan fingerprint density at radius 1 is 1.06 bits per heavy atom. The molecular weight excluding hydrogens is 398 g/mol. The largest absolute Gasteiger partial charge is 0.481 e. The zero-order valence-corrected chi connectivity index (χ0v) is 18.7. The summed E-state index contributed by atoms with van der Waals surface area (Å²) in [5.41, 5.74) is 1.22. The second kappa shape index (κ2) is 12.8. The highest BCUT2D eigenvalue weighted by Crippen LogP contribution is 2.45. The van der Waals surface area contributed by atoms with Crippen molar-refractivity contribution in [2.24, 2.45) is 23.7 Å². The maximum atomic E-state index is 12.1. The van der Waals surface area contributed by atoms with E-state index in [2.05, 4.69) is 47.8 Å². The van der Waals surface area contributed by atoms with Gasteiger partial charge in [0, 0.05) is 25.0 Å². The van der Waals surface area contributed by atoms with E-state index in [-0.39, 0.29) is 12.3 Å².